The fraction of sp³-hybridized carbons (Fsp3) is 0. The lowest BCUT2D eigenvalue weighted by molar-refractivity contribution is 0.102. The molecule has 4 rings (SSSR count). The number of anilines is 1. The third kappa shape index (κ3) is 3.20. The number of fused-ring (bicyclic) bond motifs is 1. The molecular formula is C18H12ClN5O. The second kappa shape index (κ2) is 6.33. The predicted octanol–water partition coefficient (Wildman–Crippen LogP) is 3.70. The van der Waals surface area contributed by atoms with Gasteiger partial charge in [0.2, 0.25) is 0 Å². The van der Waals surface area contributed by atoms with Crippen LogP contribution < -0.4 is 5.32 Å². The van der Waals surface area contributed by atoms with Crippen molar-refractivity contribution in [2.75, 3.05) is 5.32 Å². The number of amides is 1. The Morgan fingerprint density at radius 3 is 2.72 bits per heavy atom. The van der Waals surface area contributed by atoms with Crippen molar-refractivity contribution in [3.05, 3.63) is 77.7 Å². The smallest absolute Gasteiger partial charge is 0.255 e. The van der Waals surface area contributed by atoms with Crippen LogP contribution in [0.2, 0.25) is 5.15 Å². The normalized spacial score (nSPS) is 10.8. The Labute approximate surface area is 148 Å². The molecule has 6 nitrogen and oxygen atoms in total. The number of carbonyl (C=O) groups excluding carboxylic acids is 1. The van der Waals surface area contributed by atoms with Crippen molar-refractivity contribution in [2.45, 2.75) is 0 Å². The summed E-state index contributed by atoms with van der Waals surface area (Å²) >= 11 is 5.82. The van der Waals surface area contributed by atoms with Crippen LogP contribution in [-0.2, 0) is 0 Å². The number of hydrogen-bond acceptors (Lipinski definition) is 4. The first-order valence-corrected chi connectivity index (χ1v) is 7.91. The SMILES string of the molecule is O=C(Nc1ccn2nc(-c3ccccc3)nc2c1)c1ccnc(Cl)c1. The molecule has 0 atom stereocenters. The topological polar surface area (TPSA) is 72.2 Å². The number of aromatic nitrogens is 4. The van der Waals surface area contributed by atoms with Gasteiger partial charge in [-0.2, -0.15) is 0 Å². The van der Waals surface area contributed by atoms with Crippen LogP contribution in [0.15, 0.2) is 67.0 Å². The van der Waals surface area contributed by atoms with Crippen molar-refractivity contribution in [2.24, 2.45) is 0 Å². The molecule has 0 aliphatic carbocycles. The van der Waals surface area contributed by atoms with E-state index in [0.29, 0.717) is 22.7 Å². The molecule has 0 spiro atoms. The van der Waals surface area contributed by atoms with E-state index in [1.807, 2.05) is 30.3 Å². The molecule has 3 heterocycles. The maximum atomic E-state index is 12.3. The lowest BCUT2D eigenvalue weighted by Crippen LogP contribution is -2.12. The molecule has 0 aliphatic heterocycles. The zero-order chi connectivity index (χ0) is 17.2. The summed E-state index contributed by atoms with van der Waals surface area (Å²) in [5.74, 6) is 0.362. The third-order valence-corrected chi connectivity index (χ3v) is 3.82. The number of pyridine rings is 2. The lowest BCUT2D eigenvalue weighted by Gasteiger charge is -2.05. The minimum Gasteiger partial charge on any atom is -0.322 e. The molecule has 0 bridgehead atoms. The number of halogens is 1. The number of benzene rings is 1. The van der Waals surface area contributed by atoms with Gasteiger partial charge in [-0.1, -0.05) is 41.9 Å². The van der Waals surface area contributed by atoms with Crippen molar-refractivity contribution in [3.63, 3.8) is 0 Å². The van der Waals surface area contributed by atoms with Crippen molar-refractivity contribution in [1.82, 2.24) is 19.6 Å². The average Bonchev–Trinajstić information content (AvgIpc) is 3.06. The molecule has 0 aliphatic rings. The van der Waals surface area contributed by atoms with Crippen molar-refractivity contribution < 1.29 is 4.79 Å². The first-order valence-electron chi connectivity index (χ1n) is 7.54. The Morgan fingerprint density at radius 1 is 1.08 bits per heavy atom. The van der Waals surface area contributed by atoms with Crippen LogP contribution >= 0.6 is 11.6 Å². The summed E-state index contributed by atoms with van der Waals surface area (Å²) in [6.45, 7) is 0. The van der Waals surface area contributed by atoms with E-state index in [4.69, 9.17) is 11.6 Å². The van der Waals surface area contributed by atoms with Crippen molar-refractivity contribution >= 4 is 28.8 Å². The Hall–Kier alpha value is -3.25. The first-order chi connectivity index (χ1) is 12.2. The zero-order valence-electron chi connectivity index (χ0n) is 12.9. The number of nitrogens with zero attached hydrogens (tertiary/aromatic N) is 4. The van der Waals surface area contributed by atoms with E-state index in [-0.39, 0.29) is 11.1 Å². The van der Waals surface area contributed by atoms with Crippen molar-refractivity contribution in [1.29, 1.82) is 0 Å². The summed E-state index contributed by atoms with van der Waals surface area (Å²) in [5, 5.41) is 7.53. The molecular weight excluding hydrogens is 338 g/mol. The summed E-state index contributed by atoms with van der Waals surface area (Å²) in [4.78, 5) is 20.7. The molecule has 0 radical (unpaired) electrons. The Morgan fingerprint density at radius 2 is 1.92 bits per heavy atom. The maximum Gasteiger partial charge on any atom is 0.255 e. The van der Waals surface area contributed by atoms with Gasteiger partial charge in [-0.05, 0) is 18.2 Å². The van der Waals surface area contributed by atoms with Gasteiger partial charge >= 0.3 is 0 Å². The molecule has 4 aromatic rings. The van der Waals surface area contributed by atoms with Crippen LogP contribution in [0.1, 0.15) is 10.4 Å². The molecule has 1 N–H and O–H groups in total. The van der Waals surface area contributed by atoms with Crippen LogP contribution in [0, 0.1) is 0 Å². The van der Waals surface area contributed by atoms with E-state index < -0.39 is 0 Å². The van der Waals surface area contributed by atoms with Gasteiger partial charge in [0, 0.05) is 35.3 Å². The van der Waals surface area contributed by atoms with Crippen LogP contribution in [0.3, 0.4) is 0 Å². The minimum absolute atomic E-state index is 0.267. The van der Waals surface area contributed by atoms with Crippen LogP contribution in [0.25, 0.3) is 17.0 Å². The van der Waals surface area contributed by atoms with Gasteiger partial charge in [0.25, 0.3) is 5.91 Å². The van der Waals surface area contributed by atoms with E-state index in [1.165, 1.54) is 12.3 Å². The molecule has 0 saturated heterocycles. The second-order valence-electron chi connectivity index (χ2n) is 5.34. The molecule has 7 heteroatoms. The van der Waals surface area contributed by atoms with Gasteiger partial charge in [-0.3, -0.25) is 4.79 Å². The van der Waals surface area contributed by atoms with Gasteiger partial charge in [-0.15, -0.1) is 5.10 Å². The molecule has 1 aromatic carbocycles. The Bertz CT molecular complexity index is 1060. The minimum atomic E-state index is -0.267. The van der Waals surface area contributed by atoms with Crippen molar-refractivity contribution in [3.8, 4) is 11.4 Å². The second-order valence-corrected chi connectivity index (χ2v) is 5.73. The Balaban J connectivity index is 1.62. The average molecular weight is 350 g/mol. The van der Waals surface area contributed by atoms with E-state index in [2.05, 4.69) is 20.4 Å². The highest BCUT2D eigenvalue weighted by Crippen LogP contribution is 2.18. The zero-order valence-corrected chi connectivity index (χ0v) is 13.7. The number of nitrogens with one attached hydrogen (secondary N) is 1. The highest BCUT2D eigenvalue weighted by Gasteiger charge is 2.10. The molecule has 0 fully saturated rings. The largest absolute Gasteiger partial charge is 0.322 e. The fourth-order valence-corrected chi connectivity index (χ4v) is 2.59. The summed E-state index contributed by atoms with van der Waals surface area (Å²) in [5.41, 5.74) is 2.64. The van der Waals surface area contributed by atoms with Gasteiger partial charge < -0.3 is 5.32 Å². The fourth-order valence-electron chi connectivity index (χ4n) is 2.42. The number of hydrogen-bond donors (Lipinski definition) is 1. The summed E-state index contributed by atoms with van der Waals surface area (Å²) < 4.78 is 1.67. The summed E-state index contributed by atoms with van der Waals surface area (Å²) in [6.07, 6.45) is 3.25. The predicted molar refractivity (Wildman–Crippen MR) is 95.6 cm³/mol. The van der Waals surface area contributed by atoms with Gasteiger partial charge in [-0.25, -0.2) is 14.5 Å². The number of carbonyl (C=O) groups is 1. The van der Waals surface area contributed by atoms with Crippen LogP contribution in [-0.4, -0.2) is 25.5 Å². The molecule has 0 saturated carbocycles. The molecule has 0 unspecified atom stereocenters. The van der Waals surface area contributed by atoms with Crippen LogP contribution in [0.5, 0.6) is 0 Å². The monoisotopic (exact) mass is 349 g/mol. The molecule has 25 heavy (non-hydrogen) atoms. The number of rotatable bonds is 3. The van der Waals surface area contributed by atoms with E-state index >= 15 is 0 Å². The first kappa shape index (κ1) is 15.3. The van der Waals surface area contributed by atoms with E-state index in [9.17, 15) is 4.79 Å². The van der Waals surface area contributed by atoms with Gasteiger partial charge in [0.05, 0.1) is 0 Å². The van der Waals surface area contributed by atoms with E-state index in [1.54, 1.807) is 28.9 Å². The quantitative estimate of drug-likeness (QED) is 0.572. The van der Waals surface area contributed by atoms with Gasteiger partial charge in [0.15, 0.2) is 11.5 Å². The molecule has 3 aromatic heterocycles. The summed E-state index contributed by atoms with van der Waals surface area (Å²) in [7, 11) is 0. The standard InChI is InChI=1S/C18H12ClN5O/c19-15-10-13(6-8-20-15)18(25)21-14-7-9-24-16(11-14)22-17(23-24)12-4-2-1-3-5-12/h1-11H,(H,21,25). The maximum absolute atomic E-state index is 12.3. The Kier molecular flexibility index (Phi) is 3.87. The molecule has 122 valence electrons. The van der Waals surface area contributed by atoms with Gasteiger partial charge in [0.1, 0.15) is 5.15 Å². The lowest BCUT2D eigenvalue weighted by atomic mass is 10.2. The van der Waals surface area contributed by atoms with E-state index in [0.717, 1.165) is 5.56 Å². The third-order valence-electron chi connectivity index (χ3n) is 3.62. The highest BCUT2D eigenvalue weighted by atomic mass is 35.5. The molecule has 1 amide bonds. The highest BCUT2D eigenvalue weighted by molar-refractivity contribution is 6.29. The summed E-state index contributed by atoms with van der Waals surface area (Å²) in [6, 6.07) is 16.4. The van der Waals surface area contributed by atoms with Crippen LogP contribution in [0.4, 0.5) is 5.69 Å².